The monoisotopic (exact) mass is 948 g/mol. The lowest BCUT2D eigenvalue weighted by molar-refractivity contribution is -0.290. The van der Waals surface area contributed by atoms with Crippen molar-refractivity contribution in [2.24, 2.45) is 5.92 Å². The number of carbonyl (C=O) groups excluding carboxylic acids is 4. The van der Waals surface area contributed by atoms with Crippen molar-refractivity contribution in [3.05, 3.63) is 35.9 Å². The number of benzene rings is 1. The fourth-order valence-corrected chi connectivity index (χ4v) is 8.27. The van der Waals surface area contributed by atoms with Crippen molar-refractivity contribution in [2.75, 3.05) is 19.8 Å². The molecule has 0 aromatic heterocycles. The van der Waals surface area contributed by atoms with E-state index in [2.05, 4.69) is 19.2 Å². The van der Waals surface area contributed by atoms with Crippen molar-refractivity contribution in [2.45, 2.75) is 264 Å². The van der Waals surface area contributed by atoms with Gasteiger partial charge in [0.25, 0.3) is 0 Å². The van der Waals surface area contributed by atoms with Crippen LogP contribution in [0.3, 0.4) is 0 Å². The Kier molecular flexibility index (Phi) is 39.5. The van der Waals surface area contributed by atoms with Crippen molar-refractivity contribution >= 4 is 24.0 Å². The van der Waals surface area contributed by atoms with Crippen molar-refractivity contribution in [3.8, 4) is 0 Å². The second kappa shape index (κ2) is 42.8. The molecule has 388 valence electrons. The molecule has 1 amide bonds. The number of amides is 1. The van der Waals surface area contributed by atoms with Crippen LogP contribution in [0.15, 0.2) is 30.3 Å². The first kappa shape index (κ1) is 61.8. The number of alkyl carbamates (subject to hydrolysis) is 1. The molecule has 0 aliphatic rings. The van der Waals surface area contributed by atoms with Crippen LogP contribution in [-0.2, 0) is 45.0 Å². The van der Waals surface area contributed by atoms with Gasteiger partial charge in [0.05, 0.1) is 6.10 Å². The number of ether oxygens (including phenoxy) is 3. The molecule has 0 saturated heterocycles. The zero-order valence-electron chi connectivity index (χ0n) is 42.9. The maximum absolute atomic E-state index is 13.7. The van der Waals surface area contributed by atoms with Crippen molar-refractivity contribution in [1.82, 2.24) is 5.32 Å². The van der Waals surface area contributed by atoms with Gasteiger partial charge in [0, 0.05) is 19.3 Å². The molecule has 0 heterocycles. The summed E-state index contributed by atoms with van der Waals surface area (Å²) in [5.41, 5.74) is -1.15. The predicted octanol–water partition coefficient (Wildman–Crippen LogP) is 13.5. The molecule has 3 N–H and O–H groups in total. The summed E-state index contributed by atoms with van der Waals surface area (Å²) >= 11 is 0. The molecule has 1 aromatic rings. The lowest BCUT2D eigenvalue weighted by Gasteiger charge is -2.36. The molecule has 0 spiro atoms. The smallest absolute Gasteiger partial charge is 0.408 e. The number of carbonyl (C=O) groups is 4. The third-order valence-corrected chi connectivity index (χ3v) is 12.7. The molecule has 0 saturated carbocycles. The highest BCUT2D eigenvalue weighted by Crippen LogP contribution is 2.27. The Labute approximate surface area is 407 Å². The molecule has 0 fully saturated rings. The highest BCUT2D eigenvalue weighted by Gasteiger charge is 2.48. The third kappa shape index (κ3) is 34.7. The first-order chi connectivity index (χ1) is 32.5. The van der Waals surface area contributed by atoms with Crippen LogP contribution in [0.5, 0.6) is 0 Å². The lowest BCUT2D eigenvalue weighted by atomic mass is 9.81. The minimum atomic E-state index is -1.88. The summed E-state index contributed by atoms with van der Waals surface area (Å²) in [5, 5.41) is 24.1. The number of nitrogens with one attached hydrogen (secondary N) is 1. The predicted molar refractivity (Wildman–Crippen MR) is 267 cm³/mol. The number of unbranched alkanes of at least 4 members (excludes halogenated alkanes) is 28. The summed E-state index contributed by atoms with van der Waals surface area (Å²) in [6, 6.07) is 9.01. The molecular formula is C55H97NO11. The first-order valence-electron chi connectivity index (χ1n) is 27.0. The van der Waals surface area contributed by atoms with E-state index in [1.54, 1.807) is 38.1 Å². The van der Waals surface area contributed by atoms with Crippen molar-refractivity contribution in [3.63, 3.8) is 0 Å². The SMILES string of the molecule is CCCCCCCCCCCCCCCCCC(=O)OCC(O)COOC(=O)[C@@](CC(O)COC(=O)CCCCCCCCCCCCCCCCC)(NC(=O)OCc1ccccc1)C(C)C. The normalized spacial score (nSPS) is 13.2. The molecule has 0 bridgehead atoms. The fraction of sp³-hybridized carbons (Fsp3) is 0.818. The highest BCUT2D eigenvalue weighted by atomic mass is 17.2. The zero-order valence-corrected chi connectivity index (χ0v) is 42.9. The Bertz CT molecular complexity index is 1340. The van der Waals surface area contributed by atoms with Crippen LogP contribution in [-0.4, -0.2) is 71.8 Å². The van der Waals surface area contributed by atoms with Gasteiger partial charge in [-0.05, 0) is 24.3 Å². The zero-order chi connectivity index (χ0) is 49.1. The van der Waals surface area contributed by atoms with Crippen LogP contribution < -0.4 is 5.32 Å². The summed E-state index contributed by atoms with van der Waals surface area (Å²) in [5.74, 6) is -2.59. The molecular weight excluding hydrogens is 851 g/mol. The topological polar surface area (TPSA) is 167 Å². The van der Waals surface area contributed by atoms with E-state index in [-0.39, 0.29) is 32.5 Å². The van der Waals surface area contributed by atoms with E-state index < -0.39 is 60.9 Å². The van der Waals surface area contributed by atoms with E-state index >= 15 is 0 Å². The van der Waals surface area contributed by atoms with Crippen molar-refractivity contribution in [1.29, 1.82) is 0 Å². The van der Waals surface area contributed by atoms with E-state index in [4.69, 9.17) is 24.0 Å². The number of aliphatic hydroxyl groups excluding tert-OH is 2. The second-order valence-corrected chi connectivity index (χ2v) is 19.2. The molecule has 1 aromatic carbocycles. The maximum Gasteiger partial charge on any atom is 0.408 e. The van der Waals surface area contributed by atoms with E-state index in [0.29, 0.717) is 12.8 Å². The number of hydrogen-bond donors (Lipinski definition) is 3. The molecule has 3 atom stereocenters. The second-order valence-electron chi connectivity index (χ2n) is 19.2. The standard InChI is InChI=1S/C55H97NO11/c1-5-7-9-11-13-15-17-19-21-23-25-27-29-31-36-40-51(59)63-44-49(57)42-55(47(3)4,56-54(62)65-43-48-38-34-33-35-39-48)53(61)67-66-46-50(58)45-64-52(60)41-37-32-30-28-26-24-22-20-18-16-14-12-10-8-6-2/h33-35,38-39,47,49-50,57-58H,5-32,36-37,40-46H2,1-4H3,(H,56,62)/t49?,50?,55-/m0/s1. The van der Waals surface area contributed by atoms with E-state index in [1.165, 1.54) is 141 Å². The molecule has 67 heavy (non-hydrogen) atoms. The van der Waals surface area contributed by atoms with Gasteiger partial charge in [0.1, 0.15) is 38.1 Å². The summed E-state index contributed by atoms with van der Waals surface area (Å²) in [4.78, 5) is 62.0. The Morgan fingerprint density at radius 2 is 0.881 bits per heavy atom. The van der Waals surface area contributed by atoms with Gasteiger partial charge >= 0.3 is 24.0 Å². The Morgan fingerprint density at radius 1 is 0.507 bits per heavy atom. The van der Waals surface area contributed by atoms with Crippen LogP contribution in [0.25, 0.3) is 0 Å². The largest absolute Gasteiger partial charge is 0.463 e. The minimum Gasteiger partial charge on any atom is -0.463 e. The number of rotatable bonds is 46. The van der Waals surface area contributed by atoms with Crippen LogP contribution in [0.1, 0.15) is 245 Å². The maximum atomic E-state index is 13.7. The molecule has 12 heteroatoms. The van der Waals surface area contributed by atoms with Crippen LogP contribution in [0.4, 0.5) is 4.79 Å². The molecule has 0 aliphatic carbocycles. The molecule has 1 rings (SSSR count). The average molecular weight is 948 g/mol. The Balaban J connectivity index is 2.46. The van der Waals surface area contributed by atoms with E-state index in [9.17, 15) is 29.4 Å². The summed E-state index contributed by atoms with van der Waals surface area (Å²) in [6.45, 7) is 6.48. The van der Waals surface area contributed by atoms with Gasteiger partial charge < -0.3 is 29.7 Å². The van der Waals surface area contributed by atoms with Gasteiger partial charge in [-0.2, -0.15) is 4.89 Å². The average Bonchev–Trinajstić information content (AvgIpc) is 3.31. The summed E-state index contributed by atoms with van der Waals surface area (Å²) in [6.07, 6.45) is 33.3. The van der Waals surface area contributed by atoms with E-state index in [1.807, 2.05) is 6.07 Å². The summed E-state index contributed by atoms with van der Waals surface area (Å²) in [7, 11) is 0. The Morgan fingerprint density at radius 3 is 1.27 bits per heavy atom. The number of hydrogen-bond acceptors (Lipinski definition) is 11. The van der Waals surface area contributed by atoms with Gasteiger partial charge in [-0.25, -0.2) is 9.59 Å². The third-order valence-electron chi connectivity index (χ3n) is 12.7. The van der Waals surface area contributed by atoms with Gasteiger partial charge in [0.2, 0.25) is 0 Å². The van der Waals surface area contributed by atoms with Gasteiger partial charge in [0.15, 0.2) is 0 Å². The molecule has 2 unspecified atom stereocenters. The first-order valence-corrected chi connectivity index (χ1v) is 27.0. The number of aliphatic hydroxyl groups is 2. The van der Waals surface area contributed by atoms with E-state index in [0.717, 1.165) is 44.1 Å². The Hall–Kier alpha value is -3.22. The van der Waals surface area contributed by atoms with Crippen LogP contribution in [0.2, 0.25) is 0 Å². The van der Waals surface area contributed by atoms with Gasteiger partial charge in [-0.3, -0.25) is 14.5 Å². The van der Waals surface area contributed by atoms with Crippen LogP contribution >= 0.6 is 0 Å². The number of esters is 2. The van der Waals surface area contributed by atoms with Gasteiger partial charge in [-0.1, -0.05) is 238 Å². The van der Waals surface area contributed by atoms with Crippen molar-refractivity contribution < 1.29 is 53.4 Å². The molecule has 0 radical (unpaired) electrons. The van der Waals surface area contributed by atoms with Crippen LogP contribution in [0, 0.1) is 5.92 Å². The highest BCUT2D eigenvalue weighted by molar-refractivity contribution is 5.86. The van der Waals surface area contributed by atoms with Gasteiger partial charge in [-0.15, -0.1) is 0 Å². The fourth-order valence-electron chi connectivity index (χ4n) is 8.27. The quantitative estimate of drug-likeness (QED) is 0.0187. The lowest BCUT2D eigenvalue weighted by Crippen LogP contribution is -2.60. The minimum absolute atomic E-state index is 0.0732. The molecule has 12 nitrogen and oxygen atoms in total. The molecule has 0 aliphatic heterocycles. The summed E-state index contributed by atoms with van der Waals surface area (Å²) < 4.78 is 16.0.